The van der Waals surface area contributed by atoms with Gasteiger partial charge in [-0.05, 0) is 168 Å². The second-order valence-electron chi connectivity index (χ2n) is 25.6. The van der Waals surface area contributed by atoms with Crippen LogP contribution in [0.2, 0.25) is 0 Å². The Balaban J connectivity index is 0.696. The number of hydrazone groups is 1. The summed E-state index contributed by atoms with van der Waals surface area (Å²) in [4.78, 5) is 94.2. The van der Waals surface area contributed by atoms with Crippen molar-refractivity contribution in [3.63, 3.8) is 0 Å². The zero-order chi connectivity index (χ0) is 71.2. The molecule has 6 aromatic carbocycles. The molecule has 0 radical (unpaired) electrons. The minimum atomic E-state index is -1.23. The zero-order valence-electron chi connectivity index (χ0n) is 57.6. The summed E-state index contributed by atoms with van der Waals surface area (Å²) in [5, 5.41) is 25.9. The number of benzene rings is 6. The van der Waals surface area contributed by atoms with E-state index < -0.39 is 66.3 Å². The third kappa shape index (κ3) is 16.5. The van der Waals surface area contributed by atoms with Gasteiger partial charge in [0.05, 0.1) is 37.4 Å². The predicted molar refractivity (Wildman–Crippen MR) is 385 cm³/mol. The van der Waals surface area contributed by atoms with E-state index in [9.17, 15) is 28.8 Å². The maximum atomic E-state index is 15.0. The molecule has 0 spiro atoms. The van der Waals surface area contributed by atoms with Crippen LogP contribution in [0.25, 0.3) is 22.3 Å². The second-order valence-corrected chi connectivity index (χ2v) is 27.7. The Morgan fingerprint density at radius 1 is 0.559 bits per heavy atom. The molecule has 2 saturated heterocycles. The Morgan fingerprint density at radius 3 is 1.42 bits per heavy atom. The monoisotopic (exact) mass is 1410 g/mol. The number of hydrogen-bond donors (Lipinski definition) is 4. The number of carbonyl (C=O) groups is 6. The molecule has 2 aliphatic carbocycles. The average Bonchev–Trinajstić information content (AvgIpc) is 1.62. The van der Waals surface area contributed by atoms with Gasteiger partial charge in [-0.25, -0.2) is 19.8 Å². The molecule has 24 nitrogen and oxygen atoms in total. The minimum Gasteiger partial charge on any atom is -0.448 e. The number of rotatable bonds is 25. The Bertz CT molecular complexity index is 4240. The van der Waals surface area contributed by atoms with Gasteiger partial charge in [0.15, 0.2) is 0 Å². The fraction of sp³-hybridized carbons (Fsp3) is 0.368. The standard InChI is InChI=1S/C76H82N14O10S2/c1-49(85(5)75(95)99-47-65-61-37-19-15-33-57(61)58-34-16-20-38-62(58)65)69(91)77-67(71(93)87-41-25-27-53(87)45-89-73(79-81-83-89)101-55-29-11-9-12-30-55)51(3)97-43-23-7-8-24-44-98-52(4)68(72(94)88-42-26-28-54(88)46-90-74(80-82-84-90)102-56-31-13-10-14-32-56)78-70(92)50(2)86(6)76(96)100-48-66-63-39-21-17-35-59(63)60-36-18-22-40-64(60)66/h9-22,29-40,49-54,65-68,81,83H,25-28,41-48H2,1-6H3,(H,77,91)(H,78,92)/t49-,50+,51?,52+,53-,54?,67-,68-/m0/s1. The van der Waals surface area contributed by atoms with Gasteiger partial charge in [0.2, 0.25) is 34.0 Å². The summed E-state index contributed by atoms with van der Waals surface area (Å²) >= 11 is 2.87. The normalized spacial score (nSPS) is 17.5. The largest absolute Gasteiger partial charge is 0.448 e. The lowest BCUT2D eigenvalue weighted by Crippen LogP contribution is -2.59. The van der Waals surface area contributed by atoms with Crippen LogP contribution >= 0.6 is 23.5 Å². The highest BCUT2D eigenvalue weighted by atomic mass is 32.2. The minimum absolute atomic E-state index is 0.0520. The lowest BCUT2D eigenvalue weighted by Gasteiger charge is -2.34. The van der Waals surface area contributed by atoms with Gasteiger partial charge >= 0.3 is 12.2 Å². The van der Waals surface area contributed by atoms with E-state index in [4.69, 9.17) is 18.9 Å². The Kier molecular flexibility index (Phi) is 23.5. The molecule has 102 heavy (non-hydrogen) atoms. The number of ether oxygens (including phenoxy) is 4. The Hall–Kier alpha value is -10.2. The summed E-state index contributed by atoms with van der Waals surface area (Å²) in [6.45, 7) is 7.72. The molecule has 2 fully saturated rings. The molecule has 4 heterocycles. The van der Waals surface area contributed by atoms with E-state index in [-0.39, 0.29) is 56.3 Å². The smallest absolute Gasteiger partial charge is 0.410 e. The van der Waals surface area contributed by atoms with Crippen LogP contribution in [0.1, 0.15) is 87.5 Å². The van der Waals surface area contributed by atoms with Crippen LogP contribution in [0.3, 0.4) is 0 Å². The van der Waals surface area contributed by atoms with Crippen molar-refractivity contribution >= 4 is 64.5 Å². The van der Waals surface area contributed by atoms with E-state index in [1.165, 1.54) is 47.4 Å². The Morgan fingerprint density at radius 2 is 0.971 bits per heavy atom. The zero-order valence-corrected chi connectivity index (χ0v) is 59.3. The van der Waals surface area contributed by atoms with Crippen molar-refractivity contribution in [2.75, 3.05) is 60.2 Å². The van der Waals surface area contributed by atoms with E-state index in [1.807, 2.05) is 138 Å². The van der Waals surface area contributed by atoms with Crippen molar-refractivity contribution < 1.29 is 47.7 Å². The van der Waals surface area contributed by atoms with Crippen LogP contribution in [0.15, 0.2) is 178 Å². The number of likely N-dealkylation sites (N-methyl/N-ethyl adjacent to an activating group) is 2. The number of thioether (sulfide) groups is 1. The summed E-state index contributed by atoms with van der Waals surface area (Å²) in [6, 6.07) is 46.5. The van der Waals surface area contributed by atoms with Gasteiger partial charge in [-0.1, -0.05) is 145 Å². The van der Waals surface area contributed by atoms with Crippen LogP contribution in [-0.4, -0.2) is 194 Å². The maximum Gasteiger partial charge on any atom is 0.410 e. The van der Waals surface area contributed by atoms with Crippen molar-refractivity contribution in [1.82, 2.24) is 66.5 Å². The molecule has 0 bridgehead atoms. The number of fused-ring (bicyclic) bond motifs is 6. The molecular weight excluding hydrogens is 1330 g/mol. The molecule has 5 aliphatic rings. The van der Waals surface area contributed by atoms with Gasteiger partial charge in [0.25, 0.3) is 0 Å². The second kappa shape index (κ2) is 33.5. The number of amides is 6. The third-order valence-corrected chi connectivity index (χ3v) is 21.4. The molecule has 2 unspecified atom stereocenters. The quantitative estimate of drug-likeness (QED) is 0.0391. The van der Waals surface area contributed by atoms with Crippen molar-refractivity contribution in [3.05, 3.63) is 180 Å². The number of hydrogen-bond acceptors (Lipinski definition) is 19. The number of aromatic nitrogens is 4. The van der Waals surface area contributed by atoms with Crippen molar-refractivity contribution in [1.29, 1.82) is 0 Å². The molecule has 4 N–H and O–H groups in total. The lowest BCUT2D eigenvalue weighted by atomic mass is 9.98. The highest BCUT2D eigenvalue weighted by Crippen LogP contribution is 2.46. The SMILES string of the molecule is CC(OCC#CC#CCO[C@H](C)[C@H](NC(=O)[C@@H](C)N(C)C(=O)OCC1c2ccccc2-c2ccccc21)C(=O)N1CCCC1Cn1nnnc1Sc1ccccc1)[C@H](NC(=O)[C@H](C)N(C)C(=O)OCC1c2ccccc2-c2ccccc21)C(=O)N1CCC[C@H]1CN1NNN=C1Sc1ccccc1. The van der Waals surface area contributed by atoms with E-state index in [2.05, 4.69) is 90.3 Å². The third-order valence-electron chi connectivity index (χ3n) is 19.4. The van der Waals surface area contributed by atoms with Crippen LogP contribution < -0.4 is 21.7 Å². The van der Waals surface area contributed by atoms with E-state index in [1.54, 1.807) is 42.2 Å². The first kappa shape index (κ1) is 71.6. The molecule has 8 atom stereocenters. The molecule has 7 aromatic rings. The number of tetrazole rings is 1. The number of hydrazine groups is 2. The van der Waals surface area contributed by atoms with Gasteiger partial charge in [0, 0.05) is 48.8 Å². The summed E-state index contributed by atoms with van der Waals surface area (Å²) < 4.78 is 26.0. The summed E-state index contributed by atoms with van der Waals surface area (Å²) in [5.74, 6) is 8.99. The first-order chi connectivity index (χ1) is 49.6. The van der Waals surface area contributed by atoms with Gasteiger partial charge in [0.1, 0.15) is 50.6 Å². The van der Waals surface area contributed by atoms with Gasteiger partial charge < -0.3 is 39.4 Å². The van der Waals surface area contributed by atoms with Crippen LogP contribution in [0, 0.1) is 23.7 Å². The summed E-state index contributed by atoms with van der Waals surface area (Å²) in [5.41, 5.74) is 14.5. The number of amidine groups is 1. The van der Waals surface area contributed by atoms with E-state index >= 15 is 0 Å². The van der Waals surface area contributed by atoms with Crippen molar-refractivity contribution in [3.8, 4) is 45.9 Å². The Labute approximate surface area is 601 Å². The molecule has 12 rings (SSSR count). The number of nitrogens with zero attached hydrogens (tertiary/aromatic N) is 10. The first-order valence-electron chi connectivity index (χ1n) is 34.3. The summed E-state index contributed by atoms with van der Waals surface area (Å²) in [7, 11) is 2.97. The molecule has 528 valence electrons. The van der Waals surface area contributed by atoms with Crippen LogP contribution in [0.4, 0.5) is 9.59 Å². The molecule has 3 aliphatic heterocycles. The predicted octanol–water partition coefficient (Wildman–Crippen LogP) is 8.52. The fourth-order valence-electron chi connectivity index (χ4n) is 13.5. The number of likely N-dealkylation sites (tertiary alicyclic amines) is 2. The van der Waals surface area contributed by atoms with Gasteiger partial charge in [-0.2, -0.15) is 0 Å². The van der Waals surface area contributed by atoms with E-state index in [0.29, 0.717) is 62.2 Å². The topological polar surface area (TPSA) is 260 Å². The first-order valence-corrected chi connectivity index (χ1v) is 35.9. The van der Waals surface area contributed by atoms with Crippen LogP contribution in [-0.2, 0) is 44.7 Å². The number of nitrogens with one attached hydrogen (secondary N) is 4. The number of carbonyl (C=O) groups excluding carboxylic acids is 6. The summed E-state index contributed by atoms with van der Waals surface area (Å²) in [6.07, 6.45) is -0.539. The molecular formula is C76H82N14O10S2. The highest BCUT2D eigenvalue weighted by molar-refractivity contribution is 8.13. The van der Waals surface area contributed by atoms with Crippen LogP contribution in [0.5, 0.6) is 0 Å². The van der Waals surface area contributed by atoms with Gasteiger partial charge in [-0.15, -0.1) is 15.7 Å². The molecule has 1 aromatic heterocycles. The van der Waals surface area contributed by atoms with Crippen molar-refractivity contribution in [2.24, 2.45) is 5.10 Å². The van der Waals surface area contributed by atoms with E-state index in [0.717, 1.165) is 54.3 Å². The molecule has 0 saturated carbocycles. The maximum absolute atomic E-state index is 15.0. The van der Waals surface area contributed by atoms with Gasteiger partial charge in [-0.3, -0.25) is 34.0 Å². The lowest BCUT2D eigenvalue weighted by molar-refractivity contribution is -0.142. The molecule has 6 amide bonds. The fourth-order valence-corrected chi connectivity index (χ4v) is 15.1. The average molecular weight is 1420 g/mol. The molecule has 26 heteroatoms. The highest BCUT2D eigenvalue weighted by Gasteiger charge is 2.42. The van der Waals surface area contributed by atoms with Crippen molar-refractivity contribution in [2.45, 2.75) is 135 Å².